The van der Waals surface area contributed by atoms with Crippen LogP contribution in [0.25, 0.3) is 23.0 Å². The van der Waals surface area contributed by atoms with Crippen LogP contribution >= 0.6 is 0 Å². The van der Waals surface area contributed by atoms with E-state index in [0.717, 1.165) is 29.1 Å². The molecule has 0 saturated carbocycles. The van der Waals surface area contributed by atoms with Gasteiger partial charge in [-0.05, 0) is 61.6 Å². The number of hydrogen-bond donors (Lipinski definition) is 0. The van der Waals surface area contributed by atoms with Crippen molar-refractivity contribution >= 4 is 11.8 Å². The van der Waals surface area contributed by atoms with Crippen molar-refractivity contribution in [3.63, 3.8) is 0 Å². The topological polar surface area (TPSA) is 61.0 Å². The predicted molar refractivity (Wildman–Crippen MR) is 125 cm³/mol. The molecule has 0 radical (unpaired) electrons. The van der Waals surface area contributed by atoms with Gasteiger partial charge in [-0.1, -0.05) is 49.8 Å². The first-order valence-electron chi connectivity index (χ1n) is 10.6. The Morgan fingerprint density at radius 1 is 1.13 bits per heavy atom. The zero-order valence-corrected chi connectivity index (χ0v) is 18.2. The molecule has 1 atom stereocenters. The fourth-order valence-corrected chi connectivity index (χ4v) is 4.38. The first-order valence-corrected chi connectivity index (χ1v) is 10.6. The van der Waals surface area contributed by atoms with Crippen molar-refractivity contribution in [2.24, 2.45) is 11.3 Å². The highest BCUT2D eigenvalue weighted by Gasteiger charge is 2.30. The first-order chi connectivity index (χ1) is 14.8. The molecule has 5 nitrogen and oxygen atoms in total. The number of nitro groups is 1. The average Bonchev–Trinajstić information content (AvgIpc) is 3.18. The summed E-state index contributed by atoms with van der Waals surface area (Å²) in [6.07, 6.45) is 9.01. The van der Waals surface area contributed by atoms with Crippen LogP contribution in [0.15, 0.2) is 78.4 Å². The maximum atomic E-state index is 11.0. The highest BCUT2D eigenvalue weighted by Crippen LogP contribution is 2.42. The summed E-state index contributed by atoms with van der Waals surface area (Å²) in [5.41, 5.74) is 5.31. The first kappa shape index (κ1) is 20.8. The monoisotopic (exact) mass is 413 g/mol. The molecule has 1 aliphatic carbocycles. The number of aromatic nitrogens is 2. The smallest absolute Gasteiger partial charge is 0.258 e. The highest BCUT2D eigenvalue weighted by atomic mass is 16.6. The van der Waals surface area contributed by atoms with Crippen LogP contribution in [0.5, 0.6) is 0 Å². The lowest BCUT2D eigenvalue weighted by Crippen LogP contribution is -2.26. The molecular weight excluding hydrogens is 386 g/mol. The van der Waals surface area contributed by atoms with E-state index in [1.807, 2.05) is 41.1 Å². The van der Waals surface area contributed by atoms with Crippen LogP contribution in [0.3, 0.4) is 0 Å². The van der Waals surface area contributed by atoms with E-state index in [4.69, 9.17) is 5.10 Å². The maximum Gasteiger partial charge on any atom is 0.269 e. The summed E-state index contributed by atoms with van der Waals surface area (Å²) in [5.74, 6) is 0.381. The highest BCUT2D eigenvalue weighted by molar-refractivity contribution is 5.67. The van der Waals surface area contributed by atoms with Gasteiger partial charge in [-0.15, -0.1) is 0 Å². The van der Waals surface area contributed by atoms with Gasteiger partial charge in [0.2, 0.25) is 0 Å². The molecule has 4 rings (SSSR count). The van der Waals surface area contributed by atoms with Gasteiger partial charge in [0, 0.05) is 23.6 Å². The quantitative estimate of drug-likeness (QED) is 0.261. The molecule has 0 saturated heterocycles. The Bertz CT molecular complexity index is 1140. The lowest BCUT2D eigenvalue weighted by molar-refractivity contribution is -0.384. The number of hydrogen-bond acceptors (Lipinski definition) is 3. The van der Waals surface area contributed by atoms with Crippen LogP contribution in [0.2, 0.25) is 0 Å². The fourth-order valence-electron chi connectivity index (χ4n) is 4.38. The minimum absolute atomic E-state index is 0.0800. The third-order valence-corrected chi connectivity index (χ3v) is 6.15. The summed E-state index contributed by atoms with van der Waals surface area (Å²) in [7, 11) is 0. The molecule has 1 aromatic heterocycles. The van der Waals surface area contributed by atoms with Gasteiger partial charge in [-0.2, -0.15) is 5.10 Å². The van der Waals surface area contributed by atoms with Crippen molar-refractivity contribution in [1.29, 1.82) is 0 Å². The van der Waals surface area contributed by atoms with Crippen molar-refractivity contribution in [1.82, 2.24) is 9.78 Å². The molecule has 158 valence electrons. The van der Waals surface area contributed by atoms with E-state index >= 15 is 0 Å². The lowest BCUT2D eigenvalue weighted by Gasteiger charge is -2.36. The third-order valence-electron chi connectivity index (χ3n) is 6.15. The number of para-hydroxylation sites is 1. The van der Waals surface area contributed by atoms with Crippen molar-refractivity contribution in [3.8, 4) is 16.9 Å². The molecule has 1 unspecified atom stereocenters. The van der Waals surface area contributed by atoms with Crippen LogP contribution in [0.1, 0.15) is 39.3 Å². The molecule has 1 heterocycles. The zero-order valence-electron chi connectivity index (χ0n) is 18.2. The number of nitrogens with zero attached hydrogens (tertiary/aromatic N) is 3. The Balaban J connectivity index is 1.74. The van der Waals surface area contributed by atoms with Crippen molar-refractivity contribution in [2.75, 3.05) is 0 Å². The Kier molecular flexibility index (Phi) is 5.59. The molecule has 0 amide bonds. The summed E-state index contributed by atoms with van der Waals surface area (Å²) in [6.45, 7) is 6.85. The number of non-ortho nitro benzene ring substituents is 1. The summed E-state index contributed by atoms with van der Waals surface area (Å²) in [5, 5.41) is 15.9. The van der Waals surface area contributed by atoms with Gasteiger partial charge < -0.3 is 0 Å². The van der Waals surface area contributed by atoms with Crippen molar-refractivity contribution in [3.05, 3.63) is 94.2 Å². The maximum absolute atomic E-state index is 11.0. The van der Waals surface area contributed by atoms with Crippen LogP contribution < -0.4 is 0 Å². The van der Waals surface area contributed by atoms with Gasteiger partial charge in [0.15, 0.2) is 0 Å². The summed E-state index contributed by atoms with van der Waals surface area (Å²) in [6, 6.07) is 18.6. The molecule has 0 fully saturated rings. The minimum atomic E-state index is -0.381. The molecule has 0 aliphatic heterocycles. The largest absolute Gasteiger partial charge is 0.269 e. The van der Waals surface area contributed by atoms with E-state index in [0.29, 0.717) is 5.92 Å². The molecule has 0 N–H and O–H groups in total. The van der Waals surface area contributed by atoms with Gasteiger partial charge in [0.05, 0.1) is 22.0 Å². The van der Waals surface area contributed by atoms with E-state index in [2.05, 4.69) is 39.0 Å². The second kappa shape index (κ2) is 8.34. The normalized spacial score (nSPS) is 18.2. The molecule has 3 aromatic rings. The Hall–Kier alpha value is -3.47. The number of benzene rings is 2. The molecule has 1 aliphatic rings. The van der Waals surface area contributed by atoms with Gasteiger partial charge in [-0.25, -0.2) is 4.68 Å². The van der Waals surface area contributed by atoms with Crippen LogP contribution in [0.4, 0.5) is 5.69 Å². The Morgan fingerprint density at radius 3 is 2.48 bits per heavy atom. The van der Waals surface area contributed by atoms with E-state index in [1.54, 1.807) is 12.1 Å². The zero-order chi connectivity index (χ0) is 22.0. The summed E-state index contributed by atoms with van der Waals surface area (Å²) in [4.78, 5) is 10.6. The summed E-state index contributed by atoms with van der Waals surface area (Å²) < 4.78 is 1.90. The molecule has 5 heteroatoms. The van der Waals surface area contributed by atoms with Gasteiger partial charge in [-0.3, -0.25) is 10.1 Å². The van der Waals surface area contributed by atoms with E-state index in [-0.39, 0.29) is 16.0 Å². The third kappa shape index (κ3) is 4.36. The molecule has 0 bridgehead atoms. The molecule has 0 spiro atoms. The number of allylic oxidation sites excluding steroid dienone is 3. The van der Waals surface area contributed by atoms with Gasteiger partial charge >= 0.3 is 0 Å². The van der Waals surface area contributed by atoms with E-state index < -0.39 is 0 Å². The van der Waals surface area contributed by atoms with Crippen molar-refractivity contribution in [2.45, 2.75) is 33.6 Å². The van der Waals surface area contributed by atoms with E-state index in [1.165, 1.54) is 24.1 Å². The van der Waals surface area contributed by atoms with Crippen LogP contribution in [0, 0.1) is 21.4 Å². The number of nitro benzene ring substituents is 1. The van der Waals surface area contributed by atoms with Crippen LogP contribution in [-0.4, -0.2) is 14.7 Å². The van der Waals surface area contributed by atoms with E-state index in [9.17, 15) is 10.1 Å². The van der Waals surface area contributed by atoms with Gasteiger partial charge in [0.1, 0.15) is 0 Å². The second-order valence-electron chi connectivity index (χ2n) is 8.82. The number of rotatable bonds is 5. The lowest BCUT2D eigenvalue weighted by atomic mass is 9.68. The molecule has 2 aromatic carbocycles. The predicted octanol–water partition coefficient (Wildman–Crippen LogP) is 6.84. The van der Waals surface area contributed by atoms with Crippen molar-refractivity contribution < 1.29 is 4.92 Å². The molecular formula is C26H27N3O2. The summed E-state index contributed by atoms with van der Waals surface area (Å²) >= 11 is 0. The Morgan fingerprint density at radius 2 is 1.84 bits per heavy atom. The minimum Gasteiger partial charge on any atom is -0.258 e. The second-order valence-corrected chi connectivity index (χ2v) is 8.82. The van der Waals surface area contributed by atoms with Crippen LogP contribution in [-0.2, 0) is 0 Å². The average molecular weight is 414 g/mol. The molecule has 31 heavy (non-hydrogen) atoms. The fraction of sp³-hybridized carbons (Fsp3) is 0.269. The standard InChI is InChI=1S/C26H27N3O2/c1-19-8-7-17-26(2,3)24(19)16-13-21-18-25(20-11-14-23(15-12-20)29(30)31)28(27-21)22-9-5-4-6-10-22/h4-6,8-16,18,24H,7,17H2,1-3H3/b16-13+. The van der Waals surface area contributed by atoms with Gasteiger partial charge in [0.25, 0.3) is 5.69 Å². The Labute approximate surface area is 182 Å². The SMILES string of the molecule is CC1=CCCC(C)(C)C1/C=C/c1cc(-c2ccc([N+](=O)[O-])cc2)n(-c2ccccc2)n1.